The highest BCUT2D eigenvalue weighted by molar-refractivity contribution is 14.0. The van der Waals surface area contributed by atoms with Crippen LogP contribution in [0.5, 0.6) is 5.88 Å². The number of aliphatic imine (C=N–C) groups is 1. The molecule has 28 heavy (non-hydrogen) atoms. The lowest BCUT2D eigenvalue weighted by Gasteiger charge is -2.34. The normalized spacial score (nSPS) is 18.8. The predicted molar refractivity (Wildman–Crippen MR) is 124 cm³/mol. The summed E-state index contributed by atoms with van der Waals surface area (Å²) in [6, 6.07) is 4.06. The van der Waals surface area contributed by atoms with Crippen LogP contribution in [0.2, 0.25) is 0 Å². The molecule has 0 bridgehead atoms. The lowest BCUT2D eigenvalue weighted by atomic mass is 10.1. The number of aromatic nitrogens is 1. The van der Waals surface area contributed by atoms with E-state index in [1.54, 1.807) is 0 Å². The first kappa shape index (κ1) is 23.2. The molecule has 2 fully saturated rings. The Kier molecular flexibility index (Phi) is 10.3. The molecule has 1 aromatic rings. The molecule has 0 amide bonds. The fraction of sp³-hybridized carbons (Fsp3) is 0.714. The highest BCUT2D eigenvalue weighted by atomic mass is 127. The van der Waals surface area contributed by atoms with Crippen LogP contribution in [-0.2, 0) is 11.3 Å². The zero-order valence-corrected chi connectivity index (χ0v) is 19.6. The fourth-order valence-electron chi connectivity index (χ4n) is 3.85. The summed E-state index contributed by atoms with van der Waals surface area (Å²) in [5.41, 5.74) is 1.14. The molecule has 1 N–H and O–H groups in total. The van der Waals surface area contributed by atoms with Crippen molar-refractivity contribution in [2.24, 2.45) is 4.99 Å². The van der Waals surface area contributed by atoms with Gasteiger partial charge in [-0.1, -0.05) is 0 Å². The quantitative estimate of drug-likeness (QED) is 0.347. The van der Waals surface area contributed by atoms with Crippen LogP contribution in [0.25, 0.3) is 0 Å². The highest BCUT2D eigenvalue weighted by Crippen LogP contribution is 2.23. The Morgan fingerprint density at radius 3 is 2.61 bits per heavy atom. The standard InChI is InChI=1S/C21H34N4O2.HI/c1-3-22-21(25-13-10-18(11-14-25)26-4-2)24-16-17-9-12-23-20(15-17)27-19-7-5-6-8-19;/h9,12,15,18-19H,3-8,10-11,13-14,16H2,1-2H3,(H,22,24);1H. The number of hydrogen-bond donors (Lipinski definition) is 1. The van der Waals surface area contributed by atoms with Crippen LogP contribution in [0.4, 0.5) is 0 Å². The smallest absolute Gasteiger partial charge is 0.213 e. The zero-order valence-electron chi connectivity index (χ0n) is 17.2. The maximum absolute atomic E-state index is 6.02. The number of piperidine rings is 1. The second-order valence-electron chi connectivity index (χ2n) is 7.34. The van der Waals surface area contributed by atoms with Crippen molar-refractivity contribution in [1.29, 1.82) is 0 Å². The first-order valence-corrected chi connectivity index (χ1v) is 10.5. The maximum Gasteiger partial charge on any atom is 0.213 e. The van der Waals surface area contributed by atoms with Crippen LogP contribution < -0.4 is 10.1 Å². The second-order valence-corrected chi connectivity index (χ2v) is 7.34. The summed E-state index contributed by atoms with van der Waals surface area (Å²) in [5.74, 6) is 1.72. The van der Waals surface area contributed by atoms with E-state index in [0.717, 1.165) is 69.3 Å². The summed E-state index contributed by atoms with van der Waals surface area (Å²) >= 11 is 0. The Labute approximate surface area is 186 Å². The van der Waals surface area contributed by atoms with Gasteiger partial charge in [-0.05, 0) is 64.0 Å². The van der Waals surface area contributed by atoms with Gasteiger partial charge in [-0.25, -0.2) is 9.98 Å². The van der Waals surface area contributed by atoms with E-state index in [0.29, 0.717) is 18.8 Å². The maximum atomic E-state index is 6.02. The Morgan fingerprint density at radius 1 is 1.18 bits per heavy atom. The first-order chi connectivity index (χ1) is 13.3. The molecule has 2 heterocycles. The van der Waals surface area contributed by atoms with Crippen LogP contribution in [0, 0.1) is 0 Å². The molecular weight excluding hydrogens is 467 g/mol. The molecule has 7 heteroatoms. The van der Waals surface area contributed by atoms with Crippen molar-refractivity contribution in [3.05, 3.63) is 23.9 Å². The molecule has 0 radical (unpaired) electrons. The summed E-state index contributed by atoms with van der Waals surface area (Å²) in [6.45, 7) is 8.46. The highest BCUT2D eigenvalue weighted by Gasteiger charge is 2.21. The van der Waals surface area contributed by atoms with Gasteiger partial charge in [0.1, 0.15) is 6.10 Å². The molecule has 2 aliphatic rings. The minimum Gasteiger partial charge on any atom is -0.474 e. The van der Waals surface area contributed by atoms with Gasteiger partial charge in [0.25, 0.3) is 0 Å². The number of rotatable bonds is 7. The fourth-order valence-corrected chi connectivity index (χ4v) is 3.85. The summed E-state index contributed by atoms with van der Waals surface area (Å²) in [7, 11) is 0. The topological polar surface area (TPSA) is 59.0 Å². The number of halogens is 1. The number of likely N-dealkylation sites (tertiary alicyclic amines) is 1. The molecule has 1 aliphatic heterocycles. The molecule has 0 unspecified atom stereocenters. The molecule has 3 rings (SSSR count). The van der Waals surface area contributed by atoms with Gasteiger partial charge >= 0.3 is 0 Å². The van der Waals surface area contributed by atoms with Crippen molar-refractivity contribution in [3.63, 3.8) is 0 Å². The van der Waals surface area contributed by atoms with E-state index in [1.165, 1.54) is 12.8 Å². The van der Waals surface area contributed by atoms with Gasteiger partial charge in [0.2, 0.25) is 5.88 Å². The largest absolute Gasteiger partial charge is 0.474 e. The summed E-state index contributed by atoms with van der Waals surface area (Å²) in [6.07, 6.45) is 9.50. The predicted octanol–water partition coefficient (Wildman–Crippen LogP) is 3.99. The lowest BCUT2D eigenvalue weighted by Crippen LogP contribution is -2.47. The van der Waals surface area contributed by atoms with Gasteiger partial charge in [0.05, 0.1) is 12.6 Å². The van der Waals surface area contributed by atoms with Gasteiger partial charge in [-0.3, -0.25) is 0 Å². The number of pyridine rings is 1. The van der Waals surface area contributed by atoms with E-state index in [2.05, 4.69) is 29.0 Å². The summed E-state index contributed by atoms with van der Waals surface area (Å²) in [4.78, 5) is 11.6. The van der Waals surface area contributed by atoms with E-state index in [9.17, 15) is 0 Å². The second kappa shape index (κ2) is 12.5. The molecule has 158 valence electrons. The first-order valence-electron chi connectivity index (χ1n) is 10.5. The Hall–Kier alpha value is -1.09. The number of nitrogens with zero attached hydrogens (tertiary/aromatic N) is 3. The summed E-state index contributed by atoms with van der Waals surface area (Å²) in [5, 5.41) is 3.43. The SMILES string of the molecule is CCNC(=NCc1ccnc(OC2CCCC2)c1)N1CCC(OCC)CC1.I. The lowest BCUT2D eigenvalue weighted by molar-refractivity contribution is 0.0263. The van der Waals surface area contributed by atoms with Crippen LogP contribution in [0.15, 0.2) is 23.3 Å². The van der Waals surface area contributed by atoms with E-state index in [1.807, 2.05) is 18.3 Å². The molecule has 1 aromatic heterocycles. The van der Waals surface area contributed by atoms with Crippen molar-refractivity contribution in [1.82, 2.24) is 15.2 Å². The van der Waals surface area contributed by atoms with Crippen molar-refractivity contribution >= 4 is 29.9 Å². The molecule has 6 nitrogen and oxygen atoms in total. The molecule has 1 saturated heterocycles. The molecule has 0 atom stereocenters. The van der Waals surface area contributed by atoms with Crippen LogP contribution in [0.1, 0.15) is 57.9 Å². The van der Waals surface area contributed by atoms with Crippen molar-refractivity contribution in [2.45, 2.75) is 71.1 Å². The molecule has 0 spiro atoms. The van der Waals surface area contributed by atoms with Gasteiger partial charge in [0, 0.05) is 38.5 Å². The minimum absolute atomic E-state index is 0. The van der Waals surface area contributed by atoms with Gasteiger partial charge in [0.15, 0.2) is 5.96 Å². The van der Waals surface area contributed by atoms with Crippen LogP contribution >= 0.6 is 24.0 Å². The van der Waals surface area contributed by atoms with Gasteiger partial charge in [-0.15, -0.1) is 24.0 Å². The third kappa shape index (κ3) is 7.06. The third-order valence-corrected chi connectivity index (χ3v) is 5.28. The van der Waals surface area contributed by atoms with Crippen molar-refractivity contribution in [3.8, 4) is 5.88 Å². The van der Waals surface area contributed by atoms with E-state index < -0.39 is 0 Å². The molecular formula is C21H35IN4O2. The number of ether oxygens (including phenoxy) is 2. The third-order valence-electron chi connectivity index (χ3n) is 5.28. The molecule has 1 saturated carbocycles. The van der Waals surface area contributed by atoms with E-state index in [-0.39, 0.29) is 24.0 Å². The van der Waals surface area contributed by atoms with E-state index in [4.69, 9.17) is 14.5 Å². The Balaban J connectivity index is 0.00000280. The summed E-state index contributed by atoms with van der Waals surface area (Å²) < 4.78 is 11.8. The monoisotopic (exact) mass is 502 g/mol. The number of guanidine groups is 1. The van der Waals surface area contributed by atoms with Gasteiger partial charge in [-0.2, -0.15) is 0 Å². The Morgan fingerprint density at radius 2 is 1.93 bits per heavy atom. The number of hydrogen-bond acceptors (Lipinski definition) is 4. The minimum atomic E-state index is 0. The average molecular weight is 502 g/mol. The van der Waals surface area contributed by atoms with Gasteiger partial charge < -0.3 is 19.7 Å². The van der Waals surface area contributed by atoms with Crippen molar-refractivity contribution < 1.29 is 9.47 Å². The average Bonchev–Trinajstić information content (AvgIpc) is 3.19. The van der Waals surface area contributed by atoms with Crippen LogP contribution in [-0.4, -0.2) is 54.3 Å². The van der Waals surface area contributed by atoms with Crippen molar-refractivity contribution in [2.75, 3.05) is 26.2 Å². The number of nitrogens with one attached hydrogen (secondary N) is 1. The Bertz CT molecular complexity index is 600. The molecule has 1 aliphatic carbocycles. The van der Waals surface area contributed by atoms with Crippen LogP contribution in [0.3, 0.4) is 0 Å². The zero-order chi connectivity index (χ0) is 18.9. The van der Waals surface area contributed by atoms with E-state index >= 15 is 0 Å². The molecule has 0 aromatic carbocycles.